The van der Waals surface area contributed by atoms with Crippen LogP contribution in [0.3, 0.4) is 0 Å². The van der Waals surface area contributed by atoms with Gasteiger partial charge in [0.05, 0.1) is 23.4 Å². The van der Waals surface area contributed by atoms with E-state index in [1.165, 1.54) is 5.56 Å². The van der Waals surface area contributed by atoms with Crippen LogP contribution in [0.2, 0.25) is 5.02 Å². The molecule has 2 atom stereocenters. The molecule has 0 amide bonds. The van der Waals surface area contributed by atoms with E-state index in [1.54, 1.807) is 0 Å². The summed E-state index contributed by atoms with van der Waals surface area (Å²) in [5.74, 6) is 0. The van der Waals surface area contributed by atoms with E-state index in [0.717, 1.165) is 30.4 Å². The molecule has 0 saturated carbocycles. The van der Waals surface area contributed by atoms with Crippen molar-refractivity contribution in [2.24, 2.45) is 0 Å². The summed E-state index contributed by atoms with van der Waals surface area (Å²) in [5, 5.41) is 4.31. The monoisotopic (exact) mass is 310 g/mol. The first-order valence-corrected chi connectivity index (χ1v) is 8.06. The molecule has 2 unspecified atom stereocenters. The van der Waals surface area contributed by atoms with Crippen LogP contribution in [0.1, 0.15) is 40.2 Å². The molecule has 4 heteroatoms. The second-order valence-corrected chi connectivity index (χ2v) is 7.44. The Morgan fingerprint density at radius 3 is 2.67 bits per heavy atom. The Bertz CT molecular complexity index is 484. The minimum Gasteiger partial charge on any atom is -0.375 e. The van der Waals surface area contributed by atoms with E-state index in [0.29, 0.717) is 6.04 Å². The van der Waals surface area contributed by atoms with E-state index in [9.17, 15) is 0 Å². The minimum absolute atomic E-state index is 0.110. The lowest BCUT2D eigenvalue weighted by molar-refractivity contribution is 0.0344. The van der Waals surface area contributed by atoms with Crippen LogP contribution in [0.25, 0.3) is 0 Å². The van der Waals surface area contributed by atoms with Crippen molar-refractivity contribution in [3.05, 3.63) is 28.8 Å². The molecule has 1 aromatic carbocycles. The second-order valence-electron chi connectivity index (χ2n) is 7.03. The van der Waals surface area contributed by atoms with E-state index in [1.807, 2.05) is 0 Å². The number of nitrogens with zero attached hydrogens (tertiary/aromatic N) is 1. The molecule has 0 aliphatic carbocycles. The lowest BCUT2D eigenvalue weighted by Gasteiger charge is -2.39. The summed E-state index contributed by atoms with van der Waals surface area (Å²) in [6.07, 6.45) is 0.250. The SMILES string of the molecule is CC1CN(c2ccc(CNC(C)(C)C)cc2Cl)C(C)CO1. The molecule has 0 bridgehead atoms. The fraction of sp³-hybridized carbons (Fsp3) is 0.647. The Morgan fingerprint density at radius 2 is 2.05 bits per heavy atom. The third kappa shape index (κ3) is 4.60. The van der Waals surface area contributed by atoms with Crippen molar-refractivity contribution in [1.82, 2.24) is 5.32 Å². The summed E-state index contributed by atoms with van der Waals surface area (Å²) in [4.78, 5) is 2.34. The van der Waals surface area contributed by atoms with Gasteiger partial charge in [-0.25, -0.2) is 0 Å². The van der Waals surface area contributed by atoms with Crippen LogP contribution in [0, 0.1) is 0 Å². The van der Waals surface area contributed by atoms with Crippen LogP contribution in [-0.4, -0.2) is 30.8 Å². The largest absolute Gasteiger partial charge is 0.375 e. The van der Waals surface area contributed by atoms with E-state index in [-0.39, 0.29) is 11.6 Å². The number of benzene rings is 1. The van der Waals surface area contributed by atoms with Crippen molar-refractivity contribution in [3.8, 4) is 0 Å². The summed E-state index contributed by atoms with van der Waals surface area (Å²) in [5.41, 5.74) is 2.44. The van der Waals surface area contributed by atoms with Crippen molar-refractivity contribution >= 4 is 17.3 Å². The van der Waals surface area contributed by atoms with Crippen LogP contribution < -0.4 is 10.2 Å². The molecule has 3 nitrogen and oxygen atoms in total. The topological polar surface area (TPSA) is 24.5 Å². The molecule has 1 fully saturated rings. The van der Waals surface area contributed by atoms with Gasteiger partial charge in [-0.3, -0.25) is 0 Å². The average molecular weight is 311 g/mol. The number of anilines is 1. The maximum Gasteiger partial charge on any atom is 0.0723 e. The van der Waals surface area contributed by atoms with Gasteiger partial charge in [-0.2, -0.15) is 0 Å². The highest BCUT2D eigenvalue weighted by Gasteiger charge is 2.25. The molecular weight excluding hydrogens is 284 g/mol. The molecule has 1 saturated heterocycles. The maximum atomic E-state index is 6.52. The smallest absolute Gasteiger partial charge is 0.0723 e. The number of halogens is 1. The Kier molecular flexibility index (Phi) is 5.18. The predicted molar refractivity (Wildman–Crippen MR) is 90.3 cm³/mol. The maximum absolute atomic E-state index is 6.52. The fourth-order valence-electron chi connectivity index (χ4n) is 2.50. The van der Waals surface area contributed by atoms with Crippen molar-refractivity contribution in [2.45, 2.75) is 58.8 Å². The van der Waals surface area contributed by atoms with Gasteiger partial charge in [0, 0.05) is 24.7 Å². The summed E-state index contributed by atoms with van der Waals surface area (Å²) in [6.45, 7) is 13.3. The molecule has 118 valence electrons. The van der Waals surface area contributed by atoms with E-state index < -0.39 is 0 Å². The number of nitrogens with one attached hydrogen (secondary N) is 1. The highest BCUT2D eigenvalue weighted by molar-refractivity contribution is 6.33. The van der Waals surface area contributed by atoms with Gasteiger partial charge in [-0.15, -0.1) is 0 Å². The highest BCUT2D eigenvalue weighted by atomic mass is 35.5. The lowest BCUT2D eigenvalue weighted by atomic mass is 10.1. The average Bonchev–Trinajstić information content (AvgIpc) is 2.39. The lowest BCUT2D eigenvalue weighted by Crippen LogP contribution is -2.47. The molecule has 0 radical (unpaired) electrons. The molecule has 1 aromatic rings. The quantitative estimate of drug-likeness (QED) is 0.918. The van der Waals surface area contributed by atoms with Crippen molar-refractivity contribution < 1.29 is 4.74 Å². The molecule has 1 aliphatic heterocycles. The Hall–Kier alpha value is -0.770. The van der Waals surface area contributed by atoms with Gasteiger partial charge in [0.15, 0.2) is 0 Å². The predicted octanol–water partition coefficient (Wildman–Crippen LogP) is 3.84. The minimum atomic E-state index is 0.110. The van der Waals surface area contributed by atoms with Crippen LogP contribution >= 0.6 is 11.6 Å². The molecule has 1 aliphatic rings. The first kappa shape index (κ1) is 16.6. The van der Waals surface area contributed by atoms with Crippen LogP contribution in [0.4, 0.5) is 5.69 Å². The molecule has 1 N–H and O–H groups in total. The van der Waals surface area contributed by atoms with Crippen LogP contribution in [0.15, 0.2) is 18.2 Å². The van der Waals surface area contributed by atoms with E-state index in [4.69, 9.17) is 16.3 Å². The van der Waals surface area contributed by atoms with Crippen LogP contribution in [-0.2, 0) is 11.3 Å². The first-order chi connectivity index (χ1) is 9.76. The summed E-state index contributed by atoms with van der Waals surface area (Å²) < 4.78 is 5.69. The number of rotatable bonds is 3. The number of hydrogen-bond acceptors (Lipinski definition) is 3. The van der Waals surface area contributed by atoms with Crippen LogP contribution in [0.5, 0.6) is 0 Å². The number of morpholine rings is 1. The molecular formula is C17H27ClN2O. The third-order valence-corrected chi connectivity index (χ3v) is 4.05. The fourth-order valence-corrected chi connectivity index (χ4v) is 2.81. The van der Waals surface area contributed by atoms with E-state index >= 15 is 0 Å². The van der Waals surface area contributed by atoms with Crippen molar-refractivity contribution in [1.29, 1.82) is 0 Å². The molecule has 0 aromatic heterocycles. The molecule has 2 rings (SSSR count). The zero-order valence-corrected chi connectivity index (χ0v) is 14.5. The zero-order chi connectivity index (χ0) is 15.6. The molecule has 21 heavy (non-hydrogen) atoms. The summed E-state index contributed by atoms with van der Waals surface area (Å²) in [7, 11) is 0. The zero-order valence-electron chi connectivity index (χ0n) is 13.7. The molecule has 1 heterocycles. The highest BCUT2D eigenvalue weighted by Crippen LogP contribution is 2.30. The van der Waals surface area contributed by atoms with Gasteiger partial charge in [0.2, 0.25) is 0 Å². The first-order valence-electron chi connectivity index (χ1n) is 7.68. The number of ether oxygens (including phenoxy) is 1. The van der Waals surface area contributed by atoms with Gasteiger partial charge < -0.3 is 15.0 Å². The summed E-state index contributed by atoms with van der Waals surface area (Å²) >= 11 is 6.52. The standard InChI is InChI=1S/C17H27ClN2O/c1-12-11-21-13(2)10-20(12)16-7-6-14(8-15(16)18)9-19-17(3,4)5/h6-8,12-13,19H,9-11H2,1-5H3. The normalized spacial score (nSPS) is 23.4. The summed E-state index contributed by atoms with van der Waals surface area (Å²) in [6, 6.07) is 6.73. The van der Waals surface area contributed by atoms with Gasteiger partial charge in [-0.1, -0.05) is 17.7 Å². The van der Waals surface area contributed by atoms with Crippen molar-refractivity contribution in [3.63, 3.8) is 0 Å². The van der Waals surface area contributed by atoms with Gasteiger partial charge in [0.25, 0.3) is 0 Å². The second kappa shape index (κ2) is 6.55. The van der Waals surface area contributed by atoms with Crippen molar-refractivity contribution in [2.75, 3.05) is 18.1 Å². The van der Waals surface area contributed by atoms with E-state index in [2.05, 4.69) is 63.0 Å². The Labute approximate surface area is 133 Å². The van der Waals surface area contributed by atoms with Gasteiger partial charge in [-0.05, 0) is 52.3 Å². The number of hydrogen-bond donors (Lipinski definition) is 1. The van der Waals surface area contributed by atoms with Gasteiger partial charge in [0.1, 0.15) is 0 Å². The Morgan fingerprint density at radius 1 is 1.33 bits per heavy atom. The Balaban J connectivity index is 2.11. The third-order valence-electron chi connectivity index (χ3n) is 3.75. The van der Waals surface area contributed by atoms with Gasteiger partial charge >= 0.3 is 0 Å². The molecule has 0 spiro atoms.